The number of methoxy groups -OCH3 is 1. The van der Waals surface area contributed by atoms with Gasteiger partial charge in [0.15, 0.2) is 11.6 Å². The molecule has 194 valence electrons. The number of fused-ring (bicyclic) bond motifs is 2. The molecule has 8 nitrogen and oxygen atoms in total. The normalized spacial score (nSPS) is 21.7. The third-order valence-corrected chi connectivity index (χ3v) is 8.24. The maximum Gasteiger partial charge on any atom is 0.251 e. The van der Waals surface area contributed by atoms with Crippen LogP contribution in [-0.2, 0) is 13.6 Å². The Bertz CT molecular complexity index is 1500. The van der Waals surface area contributed by atoms with Crippen LogP contribution in [0, 0.1) is 23.6 Å². The van der Waals surface area contributed by atoms with Gasteiger partial charge in [0.25, 0.3) is 5.91 Å². The molecule has 0 saturated heterocycles. The summed E-state index contributed by atoms with van der Waals surface area (Å²) < 4.78 is 25.3. The molecule has 6 rings (SSSR count). The number of nitrogens with zero attached hydrogens (tertiary/aromatic N) is 4. The fourth-order valence-electron chi connectivity index (χ4n) is 5.79. The molecule has 1 amide bonds. The van der Waals surface area contributed by atoms with Gasteiger partial charge >= 0.3 is 0 Å². The van der Waals surface area contributed by atoms with Crippen LogP contribution in [0.1, 0.15) is 43.0 Å². The van der Waals surface area contributed by atoms with Gasteiger partial charge in [0.05, 0.1) is 18.0 Å². The van der Waals surface area contributed by atoms with Gasteiger partial charge in [-0.05, 0) is 67.7 Å². The van der Waals surface area contributed by atoms with Gasteiger partial charge < -0.3 is 24.9 Å². The molecular weight excluding hydrogens is 471 g/mol. The number of pyridine rings is 1. The number of imidazole rings is 1. The quantitative estimate of drug-likeness (QED) is 0.392. The van der Waals surface area contributed by atoms with Crippen LogP contribution in [0.4, 0.5) is 4.39 Å². The lowest BCUT2D eigenvalue weighted by molar-refractivity contribution is 0.0946. The topological polar surface area (TPSA) is 100.0 Å². The van der Waals surface area contributed by atoms with Gasteiger partial charge in [-0.3, -0.25) is 4.79 Å². The molecule has 3 N–H and O–H groups in total. The number of nitrogens with one attached hydrogen (secondary N) is 1. The lowest BCUT2D eigenvalue weighted by Crippen LogP contribution is -2.38. The van der Waals surface area contributed by atoms with Crippen LogP contribution in [0.25, 0.3) is 33.6 Å². The van der Waals surface area contributed by atoms with Gasteiger partial charge in [0, 0.05) is 37.9 Å². The largest absolute Gasteiger partial charge is 0.494 e. The number of carbonyl (C=O) groups is 1. The molecule has 0 aliphatic heterocycles. The summed E-state index contributed by atoms with van der Waals surface area (Å²) in [5.41, 5.74) is 9.08. The monoisotopic (exact) mass is 504 g/mol. The van der Waals surface area contributed by atoms with Crippen LogP contribution in [0.5, 0.6) is 5.75 Å². The number of hydrogen-bond donors (Lipinski definition) is 2. The first-order chi connectivity index (χ1) is 17.9. The molecule has 0 bridgehead atoms. The Balaban J connectivity index is 1.40. The van der Waals surface area contributed by atoms with E-state index in [1.807, 2.05) is 16.2 Å². The lowest BCUT2D eigenvalue weighted by atomic mass is 10.00. The zero-order valence-corrected chi connectivity index (χ0v) is 21.5. The predicted molar refractivity (Wildman–Crippen MR) is 141 cm³/mol. The Labute approximate surface area is 215 Å². The number of halogens is 1. The van der Waals surface area contributed by atoms with E-state index in [2.05, 4.69) is 17.2 Å². The summed E-state index contributed by atoms with van der Waals surface area (Å²) in [5.74, 6) is 1.73. The zero-order chi connectivity index (χ0) is 25.8. The van der Waals surface area contributed by atoms with E-state index in [4.69, 9.17) is 15.5 Å². The van der Waals surface area contributed by atoms with Crippen molar-refractivity contribution in [3.8, 4) is 17.3 Å². The average Bonchev–Trinajstić information content (AvgIpc) is 3.52. The highest BCUT2D eigenvalue weighted by Gasteiger charge is 2.31. The Hall–Kier alpha value is -3.46. The second-order valence-electron chi connectivity index (χ2n) is 10.7. The standard InChI is InChI=1S/C28H33FN6O2/c1-15-6-9-17(23(15)30)13-32-28(36)18-11-20-24(21(12-18)37-3)34(2)27(33-20)25-22(29)19-5-4-10-31-26(19)35(25)14-16-7-8-16/h4-5,10-12,15-17,23H,6-9,13-14,30H2,1-3H3,(H,32,36)/t15-,17-,23+/m1/s1. The number of amides is 1. The maximum absolute atomic E-state index is 15.8. The Morgan fingerprint density at radius 1 is 1.27 bits per heavy atom. The predicted octanol–water partition coefficient (Wildman–Crippen LogP) is 4.25. The van der Waals surface area contributed by atoms with Crippen LogP contribution in [0.3, 0.4) is 0 Å². The molecule has 1 aromatic carbocycles. The van der Waals surface area contributed by atoms with Crippen molar-refractivity contribution in [2.45, 2.75) is 45.2 Å². The first-order valence-corrected chi connectivity index (χ1v) is 13.1. The third-order valence-electron chi connectivity index (χ3n) is 8.24. The molecular formula is C28H33FN6O2. The summed E-state index contributed by atoms with van der Waals surface area (Å²) in [6.07, 6.45) is 6.06. The van der Waals surface area contributed by atoms with E-state index in [0.717, 1.165) is 25.7 Å². The van der Waals surface area contributed by atoms with Crippen molar-refractivity contribution in [1.82, 2.24) is 24.4 Å². The minimum atomic E-state index is -0.332. The fraction of sp³-hybridized carbons (Fsp3) is 0.464. The molecule has 2 aliphatic rings. The van der Waals surface area contributed by atoms with E-state index in [1.54, 1.807) is 37.6 Å². The summed E-state index contributed by atoms with van der Waals surface area (Å²) in [5, 5.41) is 3.53. The van der Waals surface area contributed by atoms with Crippen LogP contribution in [-0.4, -0.2) is 44.7 Å². The number of rotatable bonds is 7. The molecule has 3 aromatic heterocycles. The summed E-state index contributed by atoms with van der Waals surface area (Å²) >= 11 is 0. The molecule has 2 fully saturated rings. The molecule has 0 unspecified atom stereocenters. The van der Waals surface area contributed by atoms with E-state index in [1.165, 1.54) is 0 Å². The highest BCUT2D eigenvalue weighted by molar-refractivity contribution is 6.00. The first kappa shape index (κ1) is 23.9. The van der Waals surface area contributed by atoms with Crippen LogP contribution < -0.4 is 15.8 Å². The Kier molecular flexibility index (Phi) is 5.90. The van der Waals surface area contributed by atoms with Crippen molar-refractivity contribution in [3.63, 3.8) is 0 Å². The summed E-state index contributed by atoms with van der Waals surface area (Å²) in [7, 11) is 3.41. The van der Waals surface area contributed by atoms with Gasteiger partial charge in [0.2, 0.25) is 0 Å². The molecule has 37 heavy (non-hydrogen) atoms. The number of benzene rings is 1. The SMILES string of the molecule is COc1cc(C(=O)NC[C@H]2CC[C@@H](C)[C@@H]2N)cc2nc(-c3c(F)c4cccnc4n3CC3CC3)n(C)c12. The summed E-state index contributed by atoms with van der Waals surface area (Å²) in [6, 6.07) is 7.07. The van der Waals surface area contributed by atoms with Gasteiger partial charge in [-0.2, -0.15) is 0 Å². The smallest absolute Gasteiger partial charge is 0.251 e. The number of aryl methyl sites for hydroxylation is 1. The number of ether oxygens (including phenoxy) is 1. The van der Waals surface area contributed by atoms with Crippen molar-refractivity contribution in [3.05, 3.63) is 41.8 Å². The van der Waals surface area contributed by atoms with E-state index in [9.17, 15) is 4.79 Å². The molecule has 9 heteroatoms. The average molecular weight is 505 g/mol. The van der Waals surface area contributed by atoms with Crippen LogP contribution in [0.2, 0.25) is 0 Å². The molecule has 4 aromatic rings. The number of carbonyl (C=O) groups excluding carboxylic acids is 1. The van der Waals surface area contributed by atoms with E-state index >= 15 is 4.39 Å². The maximum atomic E-state index is 15.8. The Morgan fingerprint density at radius 2 is 2.08 bits per heavy atom. The van der Waals surface area contributed by atoms with Crippen molar-refractivity contribution < 1.29 is 13.9 Å². The molecule has 2 saturated carbocycles. The van der Waals surface area contributed by atoms with Crippen LogP contribution >= 0.6 is 0 Å². The molecule has 2 aliphatic carbocycles. The minimum absolute atomic E-state index is 0.0995. The van der Waals surface area contributed by atoms with Crippen molar-refractivity contribution in [1.29, 1.82) is 0 Å². The molecule has 0 radical (unpaired) electrons. The van der Waals surface area contributed by atoms with Crippen molar-refractivity contribution in [2.24, 2.45) is 30.5 Å². The molecule has 0 spiro atoms. The number of aromatic nitrogens is 4. The summed E-state index contributed by atoms with van der Waals surface area (Å²) in [6.45, 7) is 3.40. The highest BCUT2D eigenvalue weighted by Crippen LogP contribution is 2.39. The van der Waals surface area contributed by atoms with Gasteiger partial charge in [0.1, 0.15) is 22.6 Å². The van der Waals surface area contributed by atoms with Crippen molar-refractivity contribution >= 4 is 28.0 Å². The van der Waals surface area contributed by atoms with E-state index < -0.39 is 0 Å². The van der Waals surface area contributed by atoms with Gasteiger partial charge in [-0.1, -0.05) is 6.92 Å². The van der Waals surface area contributed by atoms with E-state index in [0.29, 0.717) is 69.8 Å². The van der Waals surface area contributed by atoms with Gasteiger partial charge in [-0.25, -0.2) is 14.4 Å². The second kappa shape index (κ2) is 9.13. The number of nitrogens with two attached hydrogens (primary N) is 1. The summed E-state index contributed by atoms with van der Waals surface area (Å²) in [4.78, 5) is 22.4. The molecule has 3 atom stereocenters. The van der Waals surface area contributed by atoms with Crippen LogP contribution in [0.15, 0.2) is 30.5 Å². The zero-order valence-electron chi connectivity index (χ0n) is 21.5. The second-order valence-corrected chi connectivity index (χ2v) is 10.7. The fourth-order valence-corrected chi connectivity index (χ4v) is 5.79. The van der Waals surface area contributed by atoms with E-state index in [-0.39, 0.29) is 23.7 Å². The third kappa shape index (κ3) is 4.05. The highest BCUT2D eigenvalue weighted by atomic mass is 19.1. The first-order valence-electron chi connectivity index (χ1n) is 13.1. The minimum Gasteiger partial charge on any atom is -0.494 e. The van der Waals surface area contributed by atoms with Crippen molar-refractivity contribution in [2.75, 3.05) is 13.7 Å². The van der Waals surface area contributed by atoms with Gasteiger partial charge in [-0.15, -0.1) is 0 Å². The lowest BCUT2D eigenvalue weighted by Gasteiger charge is -2.18. The molecule has 3 heterocycles. The Morgan fingerprint density at radius 3 is 2.78 bits per heavy atom. The number of hydrogen-bond acceptors (Lipinski definition) is 5.